The van der Waals surface area contributed by atoms with E-state index in [1.807, 2.05) is 6.07 Å². The molecule has 1 heterocycles. The number of ether oxygens (including phenoxy) is 1. The molecule has 0 aromatic heterocycles. The Kier molecular flexibility index (Phi) is 5.79. The second-order valence-corrected chi connectivity index (χ2v) is 7.23. The van der Waals surface area contributed by atoms with E-state index in [2.05, 4.69) is 0 Å². The van der Waals surface area contributed by atoms with Gasteiger partial charge in [-0.05, 0) is 42.2 Å². The first-order valence-electron chi connectivity index (χ1n) is 8.28. The summed E-state index contributed by atoms with van der Waals surface area (Å²) >= 11 is 1.64. The summed E-state index contributed by atoms with van der Waals surface area (Å²) in [6, 6.07) is 10.3. The van der Waals surface area contributed by atoms with Gasteiger partial charge in [-0.25, -0.2) is 0 Å². The van der Waals surface area contributed by atoms with E-state index in [9.17, 15) is 23.4 Å². The number of hydrogen-bond acceptors (Lipinski definition) is 4. The Balaban J connectivity index is 1.67. The maximum atomic E-state index is 13.1. The van der Waals surface area contributed by atoms with Gasteiger partial charge >= 0.3 is 6.18 Å². The molecule has 0 aliphatic carbocycles. The van der Waals surface area contributed by atoms with Gasteiger partial charge in [0, 0.05) is 10.6 Å². The van der Waals surface area contributed by atoms with Crippen LogP contribution < -0.4 is 4.74 Å². The van der Waals surface area contributed by atoms with Gasteiger partial charge in [-0.15, -0.1) is 11.8 Å². The third-order valence-electron chi connectivity index (χ3n) is 4.29. The predicted molar refractivity (Wildman–Crippen MR) is 93.3 cm³/mol. The normalized spacial score (nSPS) is 16.5. The van der Waals surface area contributed by atoms with Crippen molar-refractivity contribution in [1.82, 2.24) is 0 Å². The van der Waals surface area contributed by atoms with E-state index in [1.54, 1.807) is 23.9 Å². The Morgan fingerprint density at radius 1 is 1.04 bits per heavy atom. The van der Waals surface area contributed by atoms with E-state index in [4.69, 9.17) is 4.74 Å². The highest BCUT2D eigenvalue weighted by molar-refractivity contribution is 7.99. The van der Waals surface area contributed by atoms with Crippen LogP contribution in [0.15, 0.2) is 47.4 Å². The molecular weight excluding hydrogens is 365 g/mol. The molecule has 2 aromatic rings. The first-order valence-corrected chi connectivity index (χ1v) is 9.26. The fraction of sp³-hybridized carbons (Fsp3) is 0.368. The van der Waals surface area contributed by atoms with Crippen molar-refractivity contribution in [1.29, 1.82) is 0 Å². The highest BCUT2D eigenvalue weighted by atomic mass is 32.2. The van der Waals surface area contributed by atoms with E-state index < -0.39 is 23.9 Å². The third kappa shape index (κ3) is 4.34. The number of halogens is 3. The summed E-state index contributed by atoms with van der Waals surface area (Å²) in [5.41, 5.74) is -0.344. The molecule has 3 nitrogen and oxygen atoms in total. The molecular formula is C19H19F3O3S. The van der Waals surface area contributed by atoms with Crippen LogP contribution in [0.4, 0.5) is 13.2 Å². The van der Waals surface area contributed by atoms with Crippen molar-refractivity contribution < 1.29 is 28.1 Å². The number of fused-ring (bicyclic) bond motifs is 1. The zero-order valence-electron chi connectivity index (χ0n) is 13.9. The molecule has 1 aliphatic rings. The lowest BCUT2D eigenvalue weighted by Crippen LogP contribution is -2.12. The molecule has 26 heavy (non-hydrogen) atoms. The second-order valence-electron chi connectivity index (χ2n) is 6.10. The maximum Gasteiger partial charge on any atom is 0.416 e. The van der Waals surface area contributed by atoms with Gasteiger partial charge < -0.3 is 14.9 Å². The second kappa shape index (κ2) is 7.90. The van der Waals surface area contributed by atoms with Crippen LogP contribution in [-0.2, 0) is 6.18 Å². The molecule has 2 aromatic carbocycles. The van der Waals surface area contributed by atoms with Gasteiger partial charge in [-0.3, -0.25) is 0 Å². The molecule has 2 atom stereocenters. The minimum absolute atomic E-state index is 0.0228. The lowest BCUT2D eigenvalue weighted by molar-refractivity contribution is -0.139. The monoisotopic (exact) mass is 384 g/mol. The van der Waals surface area contributed by atoms with E-state index >= 15 is 0 Å². The lowest BCUT2D eigenvalue weighted by Gasteiger charge is -2.21. The Morgan fingerprint density at radius 3 is 2.54 bits per heavy atom. The number of aliphatic hydroxyl groups is 2. The smallest absolute Gasteiger partial charge is 0.416 e. The first-order chi connectivity index (χ1) is 12.4. The van der Waals surface area contributed by atoms with Crippen molar-refractivity contribution >= 4 is 11.8 Å². The summed E-state index contributed by atoms with van der Waals surface area (Å²) in [5, 5.41) is 20.6. The summed E-state index contributed by atoms with van der Waals surface area (Å²) in [5.74, 6) is 1.61. The van der Waals surface area contributed by atoms with Crippen molar-refractivity contribution in [2.24, 2.45) is 0 Å². The number of alkyl halides is 3. The number of aliphatic hydroxyl groups excluding tert-OH is 2. The minimum Gasteiger partial charge on any atom is -0.492 e. The van der Waals surface area contributed by atoms with E-state index in [0.29, 0.717) is 12.2 Å². The predicted octanol–water partition coefficient (Wildman–Crippen LogP) is 4.74. The van der Waals surface area contributed by atoms with Crippen molar-refractivity contribution in [3.63, 3.8) is 0 Å². The standard InChI is InChI=1S/C19H19F3O3S/c20-19(21,22)14-4-2-1-3-13(14)16(24)7-6-15(23)12-5-8-17-18(11-12)26-10-9-25-17/h1-5,8,11,15-16,23-24H,6-7,9-10H2. The number of rotatable bonds is 5. The van der Waals surface area contributed by atoms with Crippen LogP contribution in [0.2, 0.25) is 0 Å². The van der Waals surface area contributed by atoms with Gasteiger partial charge in [0.25, 0.3) is 0 Å². The molecule has 0 saturated heterocycles. The van der Waals surface area contributed by atoms with Gasteiger partial charge in [0.1, 0.15) is 5.75 Å². The highest BCUT2D eigenvalue weighted by Crippen LogP contribution is 2.38. The minimum atomic E-state index is -4.52. The van der Waals surface area contributed by atoms with Gasteiger partial charge in [0.15, 0.2) is 0 Å². The van der Waals surface area contributed by atoms with E-state index in [1.165, 1.54) is 18.2 Å². The van der Waals surface area contributed by atoms with Crippen LogP contribution in [0.5, 0.6) is 5.75 Å². The summed E-state index contributed by atoms with van der Waals surface area (Å²) in [6.45, 7) is 0.643. The quantitative estimate of drug-likeness (QED) is 0.782. The van der Waals surface area contributed by atoms with Crippen LogP contribution in [-0.4, -0.2) is 22.6 Å². The fourth-order valence-electron chi connectivity index (χ4n) is 2.95. The molecule has 7 heteroatoms. The summed E-state index contributed by atoms with van der Waals surface area (Å²) < 4.78 is 44.7. The van der Waals surface area contributed by atoms with Crippen LogP contribution in [0, 0.1) is 0 Å². The highest BCUT2D eigenvalue weighted by Gasteiger charge is 2.34. The van der Waals surface area contributed by atoms with Gasteiger partial charge in [-0.2, -0.15) is 13.2 Å². The van der Waals surface area contributed by atoms with Crippen LogP contribution in [0.25, 0.3) is 0 Å². The van der Waals surface area contributed by atoms with E-state index in [0.717, 1.165) is 22.5 Å². The summed E-state index contributed by atoms with van der Waals surface area (Å²) in [7, 11) is 0. The molecule has 0 bridgehead atoms. The summed E-state index contributed by atoms with van der Waals surface area (Å²) in [6.07, 6.45) is -6.51. The third-order valence-corrected chi connectivity index (χ3v) is 5.29. The Morgan fingerprint density at radius 2 is 1.77 bits per heavy atom. The van der Waals surface area contributed by atoms with Crippen LogP contribution in [0.1, 0.15) is 41.7 Å². The van der Waals surface area contributed by atoms with Gasteiger partial charge in [-0.1, -0.05) is 24.3 Å². The molecule has 2 N–H and O–H groups in total. The van der Waals surface area contributed by atoms with Crippen molar-refractivity contribution in [3.8, 4) is 5.75 Å². The van der Waals surface area contributed by atoms with Crippen molar-refractivity contribution in [3.05, 3.63) is 59.2 Å². The average Bonchev–Trinajstić information content (AvgIpc) is 2.64. The molecule has 1 aliphatic heterocycles. The number of benzene rings is 2. The van der Waals surface area contributed by atoms with Crippen LogP contribution >= 0.6 is 11.8 Å². The van der Waals surface area contributed by atoms with Crippen molar-refractivity contribution in [2.75, 3.05) is 12.4 Å². The molecule has 0 saturated carbocycles. The number of hydrogen-bond donors (Lipinski definition) is 2. The number of thioether (sulfide) groups is 1. The van der Waals surface area contributed by atoms with Crippen LogP contribution in [0.3, 0.4) is 0 Å². The molecule has 0 spiro atoms. The van der Waals surface area contributed by atoms with Gasteiger partial charge in [0.2, 0.25) is 0 Å². The Labute approximate surface area is 153 Å². The summed E-state index contributed by atoms with van der Waals surface area (Å²) in [4.78, 5) is 0.941. The zero-order valence-corrected chi connectivity index (χ0v) is 14.7. The SMILES string of the molecule is OC(CCC(O)c1ccccc1C(F)(F)F)c1ccc2c(c1)SCCO2. The largest absolute Gasteiger partial charge is 0.492 e. The Bertz CT molecular complexity index is 764. The fourth-order valence-corrected chi connectivity index (χ4v) is 3.83. The zero-order chi connectivity index (χ0) is 18.7. The maximum absolute atomic E-state index is 13.1. The first kappa shape index (κ1) is 19.1. The molecule has 2 unspecified atom stereocenters. The van der Waals surface area contributed by atoms with Gasteiger partial charge in [0.05, 0.1) is 24.4 Å². The topological polar surface area (TPSA) is 49.7 Å². The molecule has 0 radical (unpaired) electrons. The average molecular weight is 384 g/mol. The van der Waals surface area contributed by atoms with Crippen molar-refractivity contribution in [2.45, 2.75) is 36.1 Å². The lowest BCUT2D eigenvalue weighted by atomic mass is 9.96. The molecule has 140 valence electrons. The molecule has 3 rings (SSSR count). The van der Waals surface area contributed by atoms with E-state index in [-0.39, 0.29) is 18.4 Å². The molecule has 0 fully saturated rings. The molecule has 0 amide bonds. The Hall–Kier alpha value is -1.70.